The third-order valence-electron chi connectivity index (χ3n) is 8.90. The molecular formula is C38H70O10. The summed E-state index contributed by atoms with van der Waals surface area (Å²) in [4.78, 5) is 25.1. The van der Waals surface area contributed by atoms with Crippen LogP contribution in [0.3, 0.4) is 0 Å². The molecule has 0 aromatic heterocycles. The van der Waals surface area contributed by atoms with Crippen molar-refractivity contribution in [1.82, 2.24) is 0 Å². The van der Waals surface area contributed by atoms with Crippen molar-refractivity contribution in [1.29, 1.82) is 0 Å². The fourth-order valence-corrected chi connectivity index (χ4v) is 5.77. The number of rotatable bonds is 31. The highest BCUT2D eigenvalue weighted by molar-refractivity contribution is 5.70. The quantitative estimate of drug-likeness (QED) is 0.0347. The molecular weight excluding hydrogens is 616 g/mol. The van der Waals surface area contributed by atoms with Gasteiger partial charge in [0.25, 0.3) is 0 Å². The molecule has 282 valence electrons. The number of carbonyl (C=O) groups excluding carboxylic acids is 2. The van der Waals surface area contributed by atoms with Crippen LogP contribution in [0.25, 0.3) is 0 Å². The van der Waals surface area contributed by atoms with Crippen LogP contribution >= 0.6 is 0 Å². The molecule has 0 aromatic carbocycles. The SMILES string of the molecule is CCCCCCCC/C=C/CCCCCC(=O)O[C@H](COC(=O)CCCCCCCCCCCC)CO[C@@H]1O[C@H](CO)[C@H](O)C(O)C1O. The van der Waals surface area contributed by atoms with Gasteiger partial charge in [0.15, 0.2) is 12.4 Å². The standard InChI is InChI=1S/C38H70O10/c1-3-5-7-9-11-13-15-16-17-19-21-23-25-27-34(41)47-31(30-46-38-37(44)36(43)35(42)32(28-39)48-38)29-45-33(40)26-24-22-20-18-14-12-10-8-6-4-2/h16-17,31-32,35-39,42-44H,3-15,18-30H2,1-2H3/b17-16+/t31-,32-,35+,36?,37?,38-/m1/s1. The Morgan fingerprint density at radius 1 is 0.625 bits per heavy atom. The summed E-state index contributed by atoms with van der Waals surface area (Å²) in [6, 6.07) is 0. The van der Waals surface area contributed by atoms with E-state index in [1.54, 1.807) is 0 Å². The van der Waals surface area contributed by atoms with E-state index in [2.05, 4.69) is 26.0 Å². The van der Waals surface area contributed by atoms with Gasteiger partial charge in [-0.05, 0) is 38.5 Å². The van der Waals surface area contributed by atoms with E-state index in [4.69, 9.17) is 18.9 Å². The van der Waals surface area contributed by atoms with Crippen LogP contribution in [0, 0.1) is 0 Å². The lowest BCUT2D eigenvalue weighted by molar-refractivity contribution is -0.305. The first-order valence-electron chi connectivity index (χ1n) is 19.3. The van der Waals surface area contributed by atoms with Crippen molar-refractivity contribution in [3.63, 3.8) is 0 Å². The molecule has 0 amide bonds. The van der Waals surface area contributed by atoms with Crippen LogP contribution in [0.2, 0.25) is 0 Å². The van der Waals surface area contributed by atoms with Crippen molar-refractivity contribution in [3.8, 4) is 0 Å². The van der Waals surface area contributed by atoms with Gasteiger partial charge >= 0.3 is 11.9 Å². The Balaban J connectivity index is 2.42. The van der Waals surface area contributed by atoms with Gasteiger partial charge in [-0.1, -0.05) is 122 Å². The zero-order valence-electron chi connectivity index (χ0n) is 30.2. The molecule has 10 nitrogen and oxygen atoms in total. The summed E-state index contributed by atoms with van der Waals surface area (Å²) in [5.41, 5.74) is 0. The van der Waals surface area contributed by atoms with Crippen LogP contribution in [-0.4, -0.2) is 89.0 Å². The van der Waals surface area contributed by atoms with E-state index in [1.807, 2.05) is 0 Å². The minimum Gasteiger partial charge on any atom is -0.462 e. The van der Waals surface area contributed by atoms with Crippen LogP contribution in [-0.2, 0) is 28.5 Å². The van der Waals surface area contributed by atoms with Crippen molar-refractivity contribution in [2.75, 3.05) is 19.8 Å². The Bertz CT molecular complexity index is 804. The van der Waals surface area contributed by atoms with Gasteiger partial charge in [0.1, 0.15) is 31.0 Å². The minimum absolute atomic E-state index is 0.213. The molecule has 1 saturated heterocycles. The summed E-state index contributed by atoms with van der Waals surface area (Å²) in [5.74, 6) is -0.824. The number of unbranched alkanes of at least 4 members (excludes halogenated alkanes) is 18. The van der Waals surface area contributed by atoms with Crippen molar-refractivity contribution in [2.45, 2.75) is 198 Å². The van der Waals surface area contributed by atoms with E-state index >= 15 is 0 Å². The molecule has 0 aliphatic carbocycles. The average Bonchev–Trinajstić information content (AvgIpc) is 3.08. The molecule has 1 aliphatic heterocycles. The summed E-state index contributed by atoms with van der Waals surface area (Å²) in [6.45, 7) is 3.37. The molecule has 1 aliphatic rings. The smallest absolute Gasteiger partial charge is 0.306 e. The van der Waals surface area contributed by atoms with Crippen LogP contribution in [0.15, 0.2) is 12.2 Å². The molecule has 1 rings (SSSR count). The summed E-state index contributed by atoms with van der Waals surface area (Å²) >= 11 is 0. The molecule has 1 heterocycles. The van der Waals surface area contributed by atoms with E-state index in [1.165, 1.54) is 83.5 Å². The summed E-state index contributed by atoms with van der Waals surface area (Å²) < 4.78 is 22.0. The van der Waals surface area contributed by atoms with Gasteiger partial charge in [-0.2, -0.15) is 0 Å². The summed E-state index contributed by atoms with van der Waals surface area (Å²) in [7, 11) is 0. The number of carbonyl (C=O) groups is 2. The van der Waals surface area contributed by atoms with E-state index in [0.29, 0.717) is 6.42 Å². The Labute approximate surface area is 291 Å². The first-order valence-corrected chi connectivity index (χ1v) is 19.3. The van der Waals surface area contributed by atoms with Gasteiger partial charge in [0, 0.05) is 12.8 Å². The Hall–Kier alpha value is -1.56. The molecule has 6 atom stereocenters. The summed E-state index contributed by atoms with van der Waals surface area (Å²) in [5, 5.41) is 39.8. The van der Waals surface area contributed by atoms with E-state index in [-0.39, 0.29) is 32.0 Å². The second kappa shape index (κ2) is 30.3. The molecule has 0 spiro atoms. The lowest BCUT2D eigenvalue weighted by Crippen LogP contribution is -2.59. The van der Waals surface area contributed by atoms with Gasteiger partial charge < -0.3 is 39.4 Å². The number of aliphatic hydroxyl groups excluding tert-OH is 4. The number of hydrogen-bond acceptors (Lipinski definition) is 10. The lowest BCUT2D eigenvalue weighted by atomic mass is 9.99. The first-order chi connectivity index (χ1) is 23.3. The van der Waals surface area contributed by atoms with E-state index < -0.39 is 49.4 Å². The fourth-order valence-electron chi connectivity index (χ4n) is 5.77. The molecule has 48 heavy (non-hydrogen) atoms. The number of ether oxygens (including phenoxy) is 4. The van der Waals surface area contributed by atoms with Crippen molar-refractivity contribution < 1.29 is 49.0 Å². The summed E-state index contributed by atoms with van der Waals surface area (Å²) in [6.07, 6.45) is 20.8. The Morgan fingerprint density at radius 3 is 1.65 bits per heavy atom. The second-order valence-electron chi connectivity index (χ2n) is 13.4. The van der Waals surface area contributed by atoms with E-state index in [9.17, 15) is 30.0 Å². The fraction of sp³-hybridized carbons (Fsp3) is 0.895. The third-order valence-corrected chi connectivity index (χ3v) is 8.90. The molecule has 2 unspecified atom stereocenters. The number of allylic oxidation sites excluding steroid dienone is 2. The van der Waals surface area contributed by atoms with E-state index in [0.717, 1.165) is 44.9 Å². The maximum atomic E-state index is 12.7. The maximum Gasteiger partial charge on any atom is 0.306 e. The molecule has 4 N–H and O–H groups in total. The van der Waals surface area contributed by atoms with Crippen molar-refractivity contribution in [3.05, 3.63) is 12.2 Å². The molecule has 0 aromatic rings. The van der Waals surface area contributed by atoms with Gasteiger partial charge in [0.2, 0.25) is 0 Å². The maximum absolute atomic E-state index is 12.7. The van der Waals surface area contributed by atoms with Crippen LogP contribution in [0.1, 0.15) is 162 Å². The average molecular weight is 687 g/mol. The monoisotopic (exact) mass is 686 g/mol. The zero-order valence-corrected chi connectivity index (χ0v) is 30.2. The topological polar surface area (TPSA) is 152 Å². The van der Waals surface area contributed by atoms with Gasteiger partial charge in [-0.3, -0.25) is 9.59 Å². The highest BCUT2D eigenvalue weighted by Crippen LogP contribution is 2.22. The minimum atomic E-state index is -1.59. The predicted molar refractivity (Wildman–Crippen MR) is 187 cm³/mol. The van der Waals surface area contributed by atoms with Crippen molar-refractivity contribution in [2.24, 2.45) is 0 Å². The molecule has 0 saturated carbocycles. The largest absolute Gasteiger partial charge is 0.462 e. The Kier molecular flexibility index (Phi) is 28.0. The third kappa shape index (κ3) is 22.2. The van der Waals surface area contributed by atoms with Crippen molar-refractivity contribution >= 4 is 11.9 Å². The predicted octanol–water partition coefficient (Wildman–Crippen LogP) is 6.83. The van der Waals surface area contributed by atoms with Gasteiger partial charge in [0.05, 0.1) is 13.2 Å². The second-order valence-corrected chi connectivity index (χ2v) is 13.4. The van der Waals surface area contributed by atoms with Crippen LogP contribution in [0.5, 0.6) is 0 Å². The molecule has 0 bridgehead atoms. The number of esters is 2. The highest BCUT2D eigenvalue weighted by Gasteiger charge is 2.44. The van der Waals surface area contributed by atoms with Gasteiger partial charge in [-0.15, -0.1) is 0 Å². The normalized spacial score (nSPS) is 21.8. The molecule has 1 fully saturated rings. The van der Waals surface area contributed by atoms with Gasteiger partial charge in [-0.25, -0.2) is 0 Å². The zero-order chi connectivity index (χ0) is 35.2. The molecule has 0 radical (unpaired) electrons. The first kappa shape index (κ1) is 44.5. The number of aliphatic hydroxyl groups is 4. The molecule has 10 heteroatoms. The lowest BCUT2D eigenvalue weighted by Gasteiger charge is -2.39. The number of hydrogen-bond donors (Lipinski definition) is 4. The Morgan fingerprint density at radius 2 is 1.10 bits per heavy atom. The van der Waals surface area contributed by atoms with Crippen LogP contribution in [0.4, 0.5) is 0 Å². The van der Waals surface area contributed by atoms with Crippen LogP contribution < -0.4 is 0 Å². The highest BCUT2D eigenvalue weighted by atomic mass is 16.7.